The van der Waals surface area contributed by atoms with Gasteiger partial charge in [0.2, 0.25) is 0 Å². The zero-order valence-electron chi connectivity index (χ0n) is 11.7. The van der Waals surface area contributed by atoms with Crippen LogP contribution < -0.4 is 5.73 Å². The van der Waals surface area contributed by atoms with E-state index >= 15 is 0 Å². The Labute approximate surface area is 115 Å². The molecule has 3 N–H and O–H groups in total. The molecular weight excluding hydrogens is 262 g/mol. The average Bonchev–Trinajstić information content (AvgIpc) is 2.36. The summed E-state index contributed by atoms with van der Waals surface area (Å²) in [6.07, 6.45) is 0.734. The Hall–Kier alpha value is -0.910. The average molecular weight is 285 g/mol. The van der Waals surface area contributed by atoms with E-state index in [9.17, 15) is 13.5 Å². The Morgan fingerprint density at radius 3 is 2.11 bits per heavy atom. The standard InChI is InChI=1S/C14H23NO3S/c1-10(2)19(17,18)13-7-4-12(5-8-13)6-9-14(16)11(3)15/h4-5,7-8,10-11,14,16H,6,9,15H2,1-3H3. The lowest BCUT2D eigenvalue weighted by Gasteiger charge is -2.14. The number of aryl methyl sites for hydroxylation is 1. The minimum atomic E-state index is -3.21. The molecule has 0 saturated heterocycles. The van der Waals surface area contributed by atoms with Crippen molar-refractivity contribution in [1.82, 2.24) is 0 Å². The van der Waals surface area contributed by atoms with Crippen molar-refractivity contribution < 1.29 is 13.5 Å². The molecule has 0 aliphatic carbocycles. The number of sulfone groups is 1. The Morgan fingerprint density at radius 1 is 1.16 bits per heavy atom. The van der Waals surface area contributed by atoms with Gasteiger partial charge in [0.15, 0.2) is 9.84 Å². The van der Waals surface area contributed by atoms with Crippen molar-refractivity contribution in [1.29, 1.82) is 0 Å². The Balaban J connectivity index is 2.73. The van der Waals surface area contributed by atoms with Gasteiger partial charge in [0.1, 0.15) is 0 Å². The highest BCUT2D eigenvalue weighted by molar-refractivity contribution is 7.92. The number of aliphatic hydroxyl groups excluding tert-OH is 1. The molecule has 0 aromatic heterocycles. The third-order valence-electron chi connectivity index (χ3n) is 3.21. The van der Waals surface area contributed by atoms with Gasteiger partial charge in [-0.15, -0.1) is 0 Å². The van der Waals surface area contributed by atoms with Crippen LogP contribution in [-0.2, 0) is 16.3 Å². The molecule has 0 spiro atoms. The van der Waals surface area contributed by atoms with E-state index in [1.165, 1.54) is 0 Å². The van der Waals surface area contributed by atoms with Crippen LogP contribution in [-0.4, -0.2) is 30.9 Å². The van der Waals surface area contributed by atoms with Gasteiger partial charge < -0.3 is 10.8 Å². The van der Waals surface area contributed by atoms with Gasteiger partial charge in [-0.25, -0.2) is 8.42 Å². The SMILES string of the molecule is CC(N)C(O)CCc1ccc(S(=O)(=O)C(C)C)cc1. The Morgan fingerprint density at radius 2 is 1.68 bits per heavy atom. The second-order valence-corrected chi connectivity index (χ2v) is 7.71. The van der Waals surface area contributed by atoms with Gasteiger partial charge in [-0.05, 0) is 51.3 Å². The molecule has 0 fully saturated rings. The van der Waals surface area contributed by atoms with Gasteiger partial charge in [0, 0.05) is 6.04 Å². The van der Waals surface area contributed by atoms with Crippen molar-refractivity contribution in [2.45, 2.75) is 55.9 Å². The lowest BCUT2D eigenvalue weighted by molar-refractivity contribution is 0.141. The molecule has 0 aliphatic heterocycles. The van der Waals surface area contributed by atoms with Crippen molar-refractivity contribution in [3.63, 3.8) is 0 Å². The summed E-state index contributed by atoms with van der Waals surface area (Å²) in [6.45, 7) is 5.10. The molecule has 5 heteroatoms. The van der Waals surface area contributed by atoms with Gasteiger partial charge in [0.25, 0.3) is 0 Å². The first-order valence-electron chi connectivity index (χ1n) is 6.51. The second-order valence-electron chi connectivity index (χ2n) is 5.20. The van der Waals surface area contributed by atoms with Crippen LogP contribution in [0.15, 0.2) is 29.2 Å². The van der Waals surface area contributed by atoms with Crippen LogP contribution in [0.2, 0.25) is 0 Å². The van der Waals surface area contributed by atoms with Crippen molar-refractivity contribution in [3.8, 4) is 0 Å². The highest BCUT2D eigenvalue weighted by Crippen LogP contribution is 2.17. The first kappa shape index (κ1) is 16.1. The van der Waals surface area contributed by atoms with E-state index in [0.29, 0.717) is 17.7 Å². The molecule has 0 aliphatic rings. The number of benzene rings is 1. The second kappa shape index (κ2) is 6.50. The van der Waals surface area contributed by atoms with Crippen molar-refractivity contribution >= 4 is 9.84 Å². The molecule has 1 rings (SSSR count). The van der Waals surface area contributed by atoms with Gasteiger partial charge in [0.05, 0.1) is 16.2 Å². The maximum absolute atomic E-state index is 11.9. The highest BCUT2D eigenvalue weighted by Gasteiger charge is 2.18. The highest BCUT2D eigenvalue weighted by atomic mass is 32.2. The molecule has 0 bridgehead atoms. The summed E-state index contributed by atoms with van der Waals surface area (Å²) in [5, 5.41) is 9.21. The molecule has 0 saturated carbocycles. The number of rotatable bonds is 6. The molecule has 4 nitrogen and oxygen atoms in total. The summed E-state index contributed by atoms with van der Waals surface area (Å²) in [5.74, 6) is 0. The van der Waals surface area contributed by atoms with Gasteiger partial charge in [-0.1, -0.05) is 12.1 Å². The number of aliphatic hydroxyl groups is 1. The van der Waals surface area contributed by atoms with Crippen LogP contribution in [0.25, 0.3) is 0 Å². The molecule has 108 valence electrons. The van der Waals surface area contributed by atoms with Crippen LogP contribution in [0, 0.1) is 0 Å². The van der Waals surface area contributed by atoms with Crippen LogP contribution in [0.5, 0.6) is 0 Å². The summed E-state index contributed by atoms with van der Waals surface area (Å²) in [6, 6.07) is 6.60. The van der Waals surface area contributed by atoms with Crippen LogP contribution in [0.4, 0.5) is 0 Å². The van der Waals surface area contributed by atoms with Crippen molar-refractivity contribution in [2.75, 3.05) is 0 Å². The number of nitrogens with two attached hydrogens (primary N) is 1. The van der Waals surface area contributed by atoms with Crippen LogP contribution in [0.1, 0.15) is 32.8 Å². The van der Waals surface area contributed by atoms with E-state index in [4.69, 9.17) is 5.73 Å². The summed E-state index contributed by atoms with van der Waals surface area (Å²) in [4.78, 5) is 0.346. The predicted octanol–water partition coefficient (Wildman–Crippen LogP) is 1.51. The smallest absolute Gasteiger partial charge is 0.180 e. The fraction of sp³-hybridized carbons (Fsp3) is 0.571. The van der Waals surface area contributed by atoms with E-state index in [2.05, 4.69) is 0 Å². The quantitative estimate of drug-likeness (QED) is 0.830. The summed E-state index contributed by atoms with van der Waals surface area (Å²) in [7, 11) is -3.21. The maximum Gasteiger partial charge on any atom is 0.180 e. The summed E-state index contributed by atoms with van der Waals surface area (Å²) >= 11 is 0. The lowest BCUT2D eigenvalue weighted by atomic mass is 10.0. The molecule has 0 heterocycles. The van der Waals surface area contributed by atoms with Crippen LogP contribution in [0.3, 0.4) is 0 Å². The largest absolute Gasteiger partial charge is 0.392 e. The normalized spacial score (nSPS) is 15.5. The third-order valence-corrected chi connectivity index (χ3v) is 5.38. The first-order valence-corrected chi connectivity index (χ1v) is 8.06. The predicted molar refractivity (Wildman–Crippen MR) is 76.7 cm³/mol. The van der Waals surface area contributed by atoms with Gasteiger partial charge >= 0.3 is 0 Å². The molecule has 19 heavy (non-hydrogen) atoms. The lowest BCUT2D eigenvalue weighted by Crippen LogP contribution is -2.31. The van der Waals surface area contributed by atoms with E-state index in [-0.39, 0.29) is 6.04 Å². The van der Waals surface area contributed by atoms with E-state index < -0.39 is 21.2 Å². The fourth-order valence-electron chi connectivity index (χ4n) is 1.70. The Kier molecular flexibility index (Phi) is 5.52. The minimum Gasteiger partial charge on any atom is -0.392 e. The molecule has 1 aromatic carbocycles. The topological polar surface area (TPSA) is 80.4 Å². The molecule has 2 unspecified atom stereocenters. The molecule has 2 atom stereocenters. The number of hydrogen-bond donors (Lipinski definition) is 2. The molecular formula is C14H23NO3S. The maximum atomic E-state index is 11.9. The first-order chi connectivity index (χ1) is 8.75. The van der Waals surface area contributed by atoms with E-state index in [1.54, 1.807) is 45.0 Å². The summed E-state index contributed by atoms with van der Waals surface area (Å²) < 4.78 is 23.9. The fourth-order valence-corrected chi connectivity index (χ4v) is 2.76. The summed E-state index contributed by atoms with van der Waals surface area (Å²) in [5.41, 5.74) is 6.59. The Bertz CT molecular complexity index is 492. The van der Waals surface area contributed by atoms with Crippen molar-refractivity contribution in [3.05, 3.63) is 29.8 Å². The van der Waals surface area contributed by atoms with Crippen LogP contribution >= 0.6 is 0 Å². The monoisotopic (exact) mass is 285 g/mol. The van der Waals surface area contributed by atoms with E-state index in [1.807, 2.05) is 0 Å². The molecule has 0 radical (unpaired) electrons. The zero-order valence-corrected chi connectivity index (χ0v) is 12.5. The molecule has 1 aromatic rings. The number of hydrogen-bond acceptors (Lipinski definition) is 4. The zero-order chi connectivity index (χ0) is 14.6. The third kappa shape index (κ3) is 4.30. The minimum absolute atomic E-state index is 0.249. The van der Waals surface area contributed by atoms with Crippen molar-refractivity contribution in [2.24, 2.45) is 5.73 Å². The van der Waals surface area contributed by atoms with Gasteiger partial charge in [-0.3, -0.25) is 0 Å². The van der Waals surface area contributed by atoms with E-state index in [0.717, 1.165) is 5.56 Å². The molecule has 0 amide bonds. The van der Waals surface area contributed by atoms with Gasteiger partial charge in [-0.2, -0.15) is 0 Å².